The summed E-state index contributed by atoms with van der Waals surface area (Å²) in [6.45, 7) is 1.92. The van der Waals surface area contributed by atoms with Crippen molar-refractivity contribution in [2.75, 3.05) is 6.61 Å². The number of hydrogen-bond acceptors (Lipinski definition) is 5. The van der Waals surface area contributed by atoms with Gasteiger partial charge in [0.15, 0.2) is 0 Å². The van der Waals surface area contributed by atoms with Crippen LogP contribution in [-0.4, -0.2) is 34.3 Å². The maximum atomic E-state index is 6.75. The molecule has 0 saturated carbocycles. The Morgan fingerprint density at radius 3 is 1.59 bits per heavy atom. The van der Waals surface area contributed by atoms with Gasteiger partial charge in [-0.05, 0) is 28.8 Å². The van der Waals surface area contributed by atoms with Crippen LogP contribution in [0.1, 0.15) is 16.7 Å². The molecule has 1 saturated heterocycles. The van der Waals surface area contributed by atoms with Gasteiger partial charge < -0.3 is 18.9 Å². The van der Waals surface area contributed by atoms with Crippen LogP contribution in [0.25, 0.3) is 0 Å². The van der Waals surface area contributed by atoms with Crippen molar-refractivity contribution in [1.29, 1.82) is 0 Å². The third kappa shape index (κ3) is 8.39. The lowest BCUT2D eigenvalue weighted by Gasteiger charge is -2.44. The Labute approximate surface area is 249 Å². The zero-order chi connectivity index (χ0) is 26.7. The molecule has 6 heteroatoms. The Hall–Kier alpha value is -2.20. The van der Waals surface area contributed by atoms with Crippen molar-refractivity contribution < 1.29 is 18.9 Å². The van der Waals surface area contributed by atoms with Gasteiger partial charge >= 0.3 is 0 Å². The molecule has 1 fully saturated rings. The molecule has 39 heavy (non-hydrogen) atoms. The van der Waals surface area contributed by atoms with Crippen molar-refractivity contribution in [1.82, 2.24) is 0 Å². The van der Waals surface area contributed by atoms with E-state index < -0.39 is 0 Å². The second kappa shape index (κ2) is 15.0. The summed E-state index contributed by atoms with van der Waals surface area (Å²) < 4.78 is 26.3. The predicted molar refractivity (Wildman–Crippen MR) is 165 cm³/mol. The fourth-order valence-electron chi connectivity index (χ4n) is 4.52. The molecular weight excluding hydrogens is 619 g/mol. The van der Waals surface area contributed by atoms with Gasteiger partial charge in [-0.3, -0.25) is 0 Å². The zero-order valence-corrected chi connectivity index (χ0v) is 24.7. The first-order valence-corrected chi connectivity index (χ1v) is 15.3. The largest absolute Gasteiger partial charge is 0.374 e. The lowest BCUT2D eigenvalue weighted by molar-refractivity contribution is -0.199. The minimum atomic E-state index is -0.292. The second-order valence-corrected chi connectivity index (χ2v) is 12.1. The molecule has 0 N–H and O–H groups in total. The summed E-state index contributed by atoms with van der Waals surface area (Å²) in [6.07, 6.45) is -0.764. The summed E-state index contributed by atoms with van der Waals surface area (Å²) in [6, 6.07) is 41.2. The van der Waals surface area contributed by atoms with Crippen LogP contribution in [0.15, 0.2) is 126 Å². The van der Waals surface area contributed by atoms with E-state index in [1.807, 2.05) is 60.7 Å². The third-order valence-corrected chi connectivity index (χ3v) is 9.56. The van der Waals surface area contributed by atoms with Crippen molar-refractivity contribution in [3.05, 3.63) is 138 Å². The van der Waals surface area contributed by atoms with Gasteiger partial charge in [-0.1, -0.05) is 144 Å². The molecule has 1 heterocycles. The molecule has 4 nitrogen and oxygen atoms in total. The first-order valence-electron chi connectivity index (χ1n) is 13.2. The third-order valence-electron chi connectivity index (χ3n) is 6.53. The lowest BCUT2D eigenvalue weighted by atomic mass is 10.0. The van der Waals surface area contributed by atoms with Crippen molar-refractivity contribution >= 4 is 34.4 Å². The maximum Gasteiger partial charge on any atom is 0.122 e. The molecule has 0 radical (unpaired) electrons. The number of thioether (sulfide) groups is 1. The Kier molecular flexibility index (Phi) is 10.9. The van der Waals surface area contributed by atoms with Gasteiger partial charge in [0, 0.05) is 4.90 Å². The van der Waals surface area contributed by atoms with Crippen LogP contribution in [-0.2, 0) is 38.8 Å². The first kappa shape index (κ1) is 28.3. The molecule has 5 rings (SSSR count). The van der Waals surface area contributed by atoms with Gasteiger partial charge in [-0.2, -0.15) is 0 Å². The van der Waals surface area contributed by atoms with E-state index in [9.17, 15) is 0 Å². The summed E-state index contributed by atoms with van der Waals surface area (Å²) >= 11 is 4.21. The number of rotatable bonds is 12. The van der Waals surface area contributed by atoms with Crippen LogP contribution >= 0.6 is 34.4 Å². The van der Waals surface area contributed by atoms with Crippen molar-refractivity contribution in [2.45, 2.75) is 52.4 Å². The Morgan fingerprint density at radius 2 is 1.05 bits per heavy atom. The van der Waals surface area contributed by atoms with Gasteiger partial charge in [0.25, 0.3) is 0 Å². The van der Waals surface area contributed by atoms with Crippen LogP contribution in [0.4, 0.5) is 0 Å². The van der Waals surface area contributed by atoms with Crippen molar-refractivity contribution in [3.8, 4) is 0 Å². The standard InChI is InChI=1S/C33H33IO4S/c34-30-32(37-23-27-17-9-3-10-18-27)31(36-22-26-15-7-2-8-16-26)29(24-35-21-25-13-5-1-6-14-25)38-33(30)39-28-19-11-4-12-20-28/h1-20,29-33H,21-24H2/t29-,30-,31+,32+,33-/m1/s1. The van der Waals surface area contributed by atoms with E-state index in [4.69, 9.17) is 18.9 Å². The van der Waals surface area contributed by atoms with Crippen LogP contribution in [0, 0.1) is 0 Å². The summed E-state index contributed by atoms with van der Waals surface area (Å²) in [5.74, 6) is 0. The molecule has 0 bridgehead atoms. The Morgan fingerprint density at radius 1 is 0.590 bits per heavy atom. The number of ether oxygens (including phenoxy) is 4. The average molecular weight is 653 g/mol. The SMILES string of the molecule is I[C@@H]1[C@H](OCc2ccccc2)[C@@H](OCc2ccccc2)[C@@H](COCc2ccccc2)O[C@@H]1Sc1ccccc1. The van der Waals surface area contributed by atoms with Crippen LogP contribution in [0.3, 0.4) is 0 Å². The van der Waals surface area contributed by atoms with E-state index in [2.05, 4.69) is 83.3 Å². The summed E-state index contributed by atoms with van der Waals surface area (Å²) in [4.78, 5) is 1.17. The van der Waals surface area contributed by atoms with Crippen LogP contribution in [0.2, 0.25) is 0 Å². The lowest BCUT2D eigenvalue weighted by Crippen LogP contribution is -2.57. The van der Waals surface area contributed by atoms with Crippen LogP contribution in [0.5, 0.6) is 0 Å². The van der Waals surface area contributed by atoms with Crippen LogP contribution < -0.4 is 0 Å². The Bertz CT molecular complexity index is 1230. The highest BCUT2D eigenvalue weighted by Crippen LogP contribution is 2.40. The zero-order valence-electron chi connectivity index (χ0n) is 21.7. The summed E-state index contributed by atoms with van der Waals surface area (Å²) in [5.41, 5.74) is 3.28. The molecule has 4 aromatic carbocycles. The average Bonchev–Trinajstić information content (AvgIpc) is 2.99. The van der Waals surface area contributed by atoms with Gasteiger partial charge in [0.1, 0.15) is 23.7 Å². The second-order valence-electron chi connectivity index (χ2n) is 9.44. The fraction of sp³-hybridized carbons (Fsp3) is 0.273. The van der Waals surface area contributed by atoms with Gasteiger partial charge in [0.05, 0.1) is 30.4 Å². The molecule has 0 aliphatic carbocycles. The van der Waals surface area contributed by atoms with E-state index in [-0.39, 0.29) is 27.7 Å². The van der Waals surface area contributed by atoms with E-state index in [1.165, 1.54) is 4.90 Å². The molecule has 4 aromatic rings. The van der Waals surface area contributed by atoms with Crippen molar-refractivity contribution in [3.63, 3.8) is 0 Å². The van der Waals surface area contributed by atoms with Crippen molar-refractivity contribution in [2.24, 2.45) is 0 Å². The van der Waals surface area contributed by atoms with E-state index in [0.29, 0.717) is 26.4 Å². The van der Waals surface area contributed by atoms with Gasteiger partial charge in [0.2, 0.25) is 0 Å². The highest BCUT2D eigenvalue weighted by Gasteiger charge is 2.47. The summed E-state index contributed by atoms with van der Waals surface area (Å²) in [7, 11) is 0. The minimum absolute atomic E-state index is 0.0580. The topological polar surface area (TPSA) is 36.9 Å². The smallest absolute Gasteiger partial charge is 0.122 e. The number of alkyl halides is 1. The molecular formula is C33H33IO4S. The normalized spacial score (nSPS) is 22.9. The fourth-order valence-corrected chi connectivity index (χ4v) is 6.81. The van der Waals surface area contributed by atoms with E-state index in [1.54, 1.807) is 11.8 Å². The van der Waals surface area contributed by atoms with Gasteiger partial charge in [-0.25, -0.2) is 0 Å². The number of benzene rings is 4. The monoisotopic (exact) mass is 652 g/mol. The molecule has 202 valence electrons. The van der Waals surface area contributed by atoms with E-state index in [0.717, 1.165) is 16.7 Å². The highest BCUT2D eigenvalue weighted by molar-refractivity contribution is 14.1. The highest BCUT2D eigenvalue weighted by atomic mass is 127. The Balaban J connectivity index is 1.37. The molecule has 0 amide bonds. The molecule has 5 atom stereocenters. The van der Waals surface area contributed by atoms with Gasteiger partial charge in [-0.15, -0.1) is 0 Å². The summed E-state index contributed by atoms with van der Waals surface area (Å²) in [5, 5.41) is 0. The number of halogens is 1. The quantitative estimate of drug-likeness (QED) is 0.116. The van der Waals surface area contributed by atoms with E-state index >= 15 is 0 Å². The predicted octanol–water partition coefficient (Wildman–Crippen LogP) is 7.69. The first-order chi connectivity index (χ1) is 19.3. The molecule has 1 aliphatic rings. The maximum absolute atomic E-state index is 6.75. The molecule has 0 unspecified atom stereocenters. The molecule has 1 aliphatic heterocycles. The number of hydrogen-bond donors (Lipinski definition) is 0. The molecule has 0 aromatic heterocycles. The molecule has 0 spiro atoms. The minimum Gasteiger partial charge on any atom is -0.374 e.